The fourth-order valence-corrected chi connectivity index (χ4v) is 2.12. The molecule has 0 spiro atoms. The Hall–Kier alpha value is -2.82. The highest BCUT2D eigenvalue weighted by molar-refractivity contribution is 6.04. The summed E-state index contributed by atoms with van der Waals surface area (Å²) in [5.74, 6) is -0.282. The molecule has 1 atom stereocenters. The van der Waals surface area contributed by atoms with Gasteiger partial charge in [-0.15, -0.1) is 0 Å². The van der Waals surface area contributed by atoms with Crippen molar-refractivity contribution in [1.82, 2.24) is 0 Å². The number of rotatable bonds is 6. The van der Waals surface area contributed by atoms with Gasteiger partial charge in [0.15, 0.2) is 6.10 Å². The minimum atomic E-state index is -0.654. The van der Waals surface area contributed by atoms with Crippen LogP contribution in [0, 0.1) is 6.92 Å². The van der Waals surface area contributed by atoms with Gasteiger partial charge in [-0.05, 0) is 37.6 Å². The van der Waals surface area contributed by atoms with Crippen LogP contribution in [-0.4, -0.2) is 17.9 Å². The SMILES string of the molecule is CC[C@H](Oc1ccc(C)cc1)C(=O)Nc1ccccc1C(N)=O. The summed E-state index contributed by atoms with van der Waals surface area (Å²) >= 11 is 0. The first-order valence-electron chi connectivity index (χ1n) is 7.44. The number of nitrogens with two attached hydrogens (primary N) is 1. The summed E-state index contributed by atoms with van der Waals surface area (Å²) in [6.45, 7) is 3.84. The van der Waals surface area contributed by atoms with Gasteiger partial charge < -0.3 is 15.8 Å². The predicted molar refractivity (Wildman–Crippen MR) is 89.5 cm³/mol. The molecule has 0 aliphatic rings. The number of aryl methyl sites for hydroxylation is 1. The van der Waals surface area contributed by atoms with Crippen molar-refractivity contribution in [2.75, 3.05) is 5.32 Å². The molecule has 5 heteroatoms. The van der Waals surface area contributed by atoms with Gasteiger partial charge in [0.2, 0.25) is 0 Å². The average Bonchev–Trinajstić information content (AvgIpc) is 2.54. The summed E-state index contributed by atoms with van der Waals surface area (Å²) in [5, 5.41) is 2.71. The number of carbonyl (C=O) groups excluding carboxylic acids is 2. The summed E-state index contributed by atoms with van der Waals surface area (Å²) < 4.78 is 5.72. The van der Waals surface area contributed by atoms with E-state index in [-0.39, 0.29) is 11.5 Å². The number of carbonyl (C=O) groups is 2. The molecular weight excluding hydrogens is 292 g/mol. The summed E-state index contributed by atoms with van der Waals surface area (Å²) in [6.07, 6.45) is -0.156. The second-order valence-electron chi connectivity index (χ2n) is 5.23. The number of hydrogen-bond donors (Lipinski definition) is 2. The van der Waals surface area contributed by atoms with E-state index in [0.29, 0.717) is 17.9 Å². The van der Waals surface area contributed by atoms with Crippen LogP contribution in [0.2, 0.25) is 0 Å². The molecule has 2 amide bonds. The Balaban J connectivity index is 2.11. The molecule has 2 aromatic carbocycles. The van der Waals surface area contributed by atoms with E-state index in [1.807, 2.05) is 38.1 Å². The van der Waals surface area contributed by atoms with Crippen LogP contribution in [-0.2, 0) is 4.79 Å². The summed E-state index contributed by atoms with van der Waals surface area (Å²) in [6, 6.07) is 14.1. The van der Waals surface area contributed by atoms with E-state index in [2.05, 4.69) is 5.32 Å². The molecule has 0 fully saturated rings. The summed E-state index contributed by atoms with van der Waals surface area (Å²) in [7, 11) is 0. The molecule has 0 unspecified atom stereocenters. The lowest BCUT2D eigenvalue weighted by Gasteiger charge is -2.18. The fraction of sp³-hybridized carbons (Fsp3) is 0.222. The highest BCUT2D eigenvalue weighted by Gasteiger charge is 2.20. The molecule has 0 aliphatic carbocycles. The lowest BCUT2D eigenvalue weighted by Crippen LogP contribution is -2.33. The van der Waals surface area contributed by atoms with Crippen molar-refractivity contribution in [2.24, 2.45) is 5.73 Å². The van der Waals surface area contributed by atoms with E-state index in [0.717, 1.165) is 5.56 Å². The zero-order valence-electron chi connectivity index (χ0n) is 13.2. The Morgan fingerprint density at radius 3 is 2.39 bits per heavy atom. The molecule has 23 heavy (non-hydrogen) atoms. The first-order valence-corrected chi connectivity index (χ1v) is 7.44. The molecule has 2 aromatic rings. The maximum absolute atomic E-state index is 12.4. The van der Waals surface area contributed by atoms with Crippen LogP contribution in [0.5, 0.6) is 5.75 Å². The van der Waals surface area contributed by atoms with Gasteiger partial charge in [0.25, 0.3) is 11.8 Å². The molecule has 0 saturated carbocycles. The molecule has 5 nitrogen and oxygen atoms in total. The molecule has 0 saturated heterocycles. The van der Waals surface area contributed by atoms with E-state index in [9.17, 15) is 9.59 Å². The number of primary amides is 1. The van der Waals surface area contributed by atoms with Crippen LogP contribution < -0.4 is 15.8 Å². The molecule has 120 valence electrons. The van der Waals surface area contributed by atoms with E-state index in [4.69, 9.17) is 10.5 Å². The molecule has 0 aliphatic heterocycles. The van der Waals surface area contributed by atoms with E-state index in [1.54, 1.807) is 24.3 Å². The summed E-state index contributed by atoms with van der Waals surface area (Å²) in [5.41, 5.74) is 7.09. The largest absolute Gasteiger partial charge is 0.481 e. The first-order chi connectivity index (χ1) is 11.0. The minimum Gasteiger partial charge on any atom is -0.481 e. The smallest absolute Gasteiger partial charge is 0.265 e. The van der Waals surface area contributed by atoms with Crippen LogP contribution >= 0.6 is 0 Å². The number of ether oxygens (including phenoxy) is 1. The molecule has 2 rings (SSSR count). The van der Waals surface area contributed by atoms with Crippen LogP contribution in [0.4, 0.5) is 5.69 Å². The Bertz CT molecular complexity index is 696. The van der Waals surface area contributed by atoms with Gasteiger partial charge in [-0.2, -0.15) is 0 Å². The molecule has 0 radical (unpaired) electrons. The van der Waals surface area contributed by atoms with Gasteiger partial charge in [-0.1, -0.05) is 36.8 Å². The van der Waals surface area contributed by atoms with Gasteiger partial charge in [0.05, 0.1) is 11.3 Å². The maximum atomic E-state index is 12.4. The van der Waals surface area contributed by atoms with Gasteiger partial charge in [0, 0.05) is 0 Å². The normalized spacial score (nSPS) is 11.6. The Morgan fingerprint density at radius 1 is 1.13 bits per heavy atom. The van der Waals surface area contributed by atoms with Crippen LogP contribution in [0.25, 0.3) is 0 Å². The van der Waals surface area contributed by atoms with Crippen LogP contribution in [0.15, 0.2) is 48.5 Å². The highest BCUT2D eigenvalue weighted by Crippen LogP contribution is 2.18. The molecular formula is C18H20N2O3. The lowest BCUT2D eigenvalue weighted by atomic mass is 10.1. The van der Waals surface area contributed by atoms with Gasteiger partial charge in [0.1, 0.15) is 5.75 Å². The molecule has 0 bridgehead atoms. The third-order valence-electron chi connectivity index (χ3n) is 3.41. The highest BCUT2D eigenvalue weighted by atomic mass is 16.5. The second kappa shape index (κ2) is 7.45. The number of hydrogen-bond acceptors (Lipinski definition) is 3. The van der Waals surface area contributed by atoms with Crippen molar-refractivity contribution in [3.8, 4) is 5.75 Å². The maximum Gasteiger partial charge on any atom is 0.265 e. The average molecular weight is 312 g/mol. The van der Waals surface area contributed by atoms with E-state index >= 15 is 0 Å². The summed E-state index contributed by atoms with van der Waals surface area (Å²) in [4.78, 5) is 23.8. The van der Waals surface area contributed by atoms with Gasteiger partial charge in [-0.25, -0.2) is 0 Å². The predicted octanol–water partition coefficient (Wildman–Crippen LogP) is 2.89. The number of amides is 2. The van der Waals surface area contributed by atoms with Crippen molar-refractivity contribution in [1.29, 1.82) is 0 Å². The second-order valence-corrected chi connectivity index (χ2v) is 5.23. The Morgan fingerprint density at radius 2 is 1.78 bits per heavy atom. The van der Waals surface area contributed by atoms with Crippen molar-refractivity contribution in [3.63, 3.8) is 0 Å². The topological polar surface area (TPSA) is 81.4 Å². The van der Waals surface area contributed by atoms with Crippen molar-refractivity contribution < 1.29 is 14.3 Å². The lowest BCUT2D eigenvalue weighted by molar-refractivity contribution is -0.122. The zero-order valence-corrected chi connectivity index (χ0v) is 13.2. The van der Waals surface area contributed by atoms with Crippen molar-refractivity contribution >= 4 is 17.5 Å². The van der Waals surface area contributed by atoms with Crippen LogP contribution in [0.1, 0.15) is 29.3 Å². The fourth-order valence-electron chi connectivity index (χ4n) is 2.12. The minimum absolute atomic E-state index is 0.269. The quantitative estimate of drug-likeness (QED) is 0.860. The number of anilines is 1. The number of benzene rings is 2. The first kappa shape index (κ1) is 16.5. The third-order valence-corrected chi connectivity index (χ3v) is 3.41. The number of nitrogens with one attached hydrogen (secondary N) is 1. The number of para-hydroxylation sites is 1. The van der Waals surface area contributed by atoms with Crippen LogP contribution in [0.3, 0.4) is 0 Å². The third kappa shape index (κ3) is 4.32. The molecule has 0 aromatic heterocycles. The zero-order chi connectivity index (χ0) is 16.8. The monoisotopic (exact) mass is 312 g/mol. The Kier molecular flexibility index (Phi) is 5.36. The van der Waals surface area contributed by atoms with E-state index in [1.165, 1.54) is 0 Å². The molecule has 0 heterocycles. The Labute approximate surface area is 135 Å². The van der Waals surface area contributed by atoms with Crippen molar-refractivity contribution in [2.45, 2.75) is 26.4 Å². The van der Waals surface area contributed by atoms with Gasteiger partial charge in [-0.3, -0.25) is 9.59 Å². The van der Waals surface area contributed by atoms with Crippen molar-refractivity contribution in [3.05, 3.63) is 59.7 Å². The molecule has 3 N–H and O–H groups in total. The van der Waals surface area contributed by atoms with Gasteiger partial charge >= 0.3 is 0 Å². The standard InChI is InChI=1S/C18H20N2O3/c1-3-16(23-13-10-8-12(2)9-11-13)18(22)20-15-7-5-4-6-14(15)17(19)21/h4-11,16H,3H2,1-2H3,(H2,19,21)(H,20,22)/t16-/m0/s1. The van der Waals surface area contributed by atoms with E-state index < -0.39 is 12.0 Å².